The largest absolute Gasteiger partial charge is 0.316 e. The van der Waals surface area contributed by atoms with Crippen LogP contribution in [0.3, 0.4) is 0 Å². The molecule has 0 aromatic heterocycles. The number of fused-ring (bicyclic) bond motifs is 1. The Kier molecular flexibility index (Phi) is 3.49. The first-order valence-corrected chi connectivity index (χ1v) is 6.35. The van der Waals surface area contributed by atoms with E-state index in [1.807, 2.05) is 24.9 Å². The highest BCUT2D eigenvalue weighted by molar-refractivity contribution is 7.99. The van der Waals surface area contributed by atoms with Crippen LogP contribution in [0, 0.1) is 0 Å². The molecule has 1 nitrogen and oxygen atoms in total. The molecule has 1 heterocycles. The minimum absolute atomic E-state index is 0.527. The van der Waals surface area contributed by atoms with Gasteiger partial charge in [0.15, 0.2) is 0 Å². The molecule has 1 aromatic carbocycles. The third-order valence-corrected chi connectivity index (χ3v) is 4.22. The molecule has 0 radical (unpaired) electrons. The second-order valence-electron chi connectivity index (χ2n) is 3.87. The summed E-state index contributed by atoms with van der Waals surface area (Å²) < 4.78 is 0. The number of hydrogen-bond donors (Lipinski definition) is 1. The lowest BCUT2D eigenvalue weighted by atomic mass is 9.91. The van der Waals surface area contributed by atoms with Gasteiger partial charge in [0.2, 0.25) is 0 Å². The zero-order chi connectivity index (χ0) is 10.7. The van der Waals surface area contributed by atoms with E-state index in [0.717, 1.165) is 6.42 Å². The summed E-state index contributed by atoms with van der Waals surface area (Å²) >= 11 is 1.97. The van der Waals surface area contributed by atoms with E-state index in [9.17, 15) is 0 Å². The first kappa shape index (κ1) is 10.8. The molecule has 1 aliphatic rings. The van der Waals surface area contributed by atoms with E-state index in [2.05, 4.69) is 36.2 Å². The molecule has 15 heavy (non-hydrogen) atoms. The van der Waals surface area contributed by atoms with Crippen LogP contribution in [0.5, 0.6) is 0 Å². The lowest BCUT2D eigenvalue weighted by molar-refractivity contribution is 0.496. The molecule has 0 amide bonds. The van der Waals surface area contributed by atoms with Gasteiger partial charge in [0.25, 0.3) is 0 Å². The smallest absolute Gasteiger partial charge is 0.0176 e. The summed E-state index contributed by atoms with van der Waals surface area (Å²) in [5.74, 6) is 1.83. The average molecular weight is 219 g/mol. The van der Waals surface area contributed by atoms with Gasteiger partial charge in [0.05, 0.1) is 0 Å². The van der Waals surface area contributed by atoms with Gasteiger partial charge >= 0.3 is 0 Å². The fourth-order valence-electron chi connectivity index (χ4n) is 2.18. The predicted octanol–water partition coefficient (Wildman–Crippen LogP) is 3.04. The molecule has 0 aliphatic carbocycles. The van der Waals surface area contributed by atoms with Gasteiger partial charge in [-0.15, -0.1) is 18.3 Å². The molecule has 0 saturated carbocycles. The van der Waals surface area contributed by atoms with Crippen LogP contribution in [0.1, 0.15) is 17.9 Å². The average Bonchev–Trinajstić information content (AvgIpc) is 2.70. The number of nitrogens with one attached hydrogen (secondary N) is 1. The van der Waals surface area contributed by atoms with Crippen LogP contribution in [0.2, 0.25) is 0 Å². The summed E-state index contributed by atoms with van der Waals surface area (Å²) in [6.07, 6.45) is 3.04. The van der Waals surface area contributed by atoms with Gasteiger partial charge in [-0.2, -0.15) is 0 Å². The van der Waals surface area contributed by atoms with Crippen molar-refractivity contribution in [2.24, 2.45) is 0 Å². The van der Waals surface area contributed by atoms with Crippen LogP contribution in [0.4, 0.5) is 0 Å². The Morgan fingerprint density at radius 3 is 3.13 bits per heavy atom. The van der Waals surface area contributed by atoms with Crippen molar-refractivity contribution in [3.8, 4) is 0 Å². The number of benzene rings is 1. The second-order valence-corrected chi connectivity index (χ2v) is 4.94. The highest BCUT2D eigenvalue weighted by Gasteiger charge is 2.28. The van der Waals surface area contributed by atoms with E-state index in [1.165, 1.54) is 16.2 Å². The van der Waals surface area contributed by atoms with E-state index >= 15 is 0 Å². The quantitative estimate of drug-likeness (QED) is 0.781. The van der Waals surface area contributed by atoms with Crippen molar-refractivity contribution in [3.63, 3.8) is 0 Å². The van der Waals surface area contributed by atoms with Crippen molar-refractivity contribution in [2.75, 3.05) is 12.8 Å². The third kappa shape index (κ3) is 2.11. The highest BCUT2D eigenvalue weighted by Crippen LogP contribution is 2.41. The van der Waals surface area contributed by atoms with Crippen molar-refractivity contribution in [1.82, 2.24) is 5.32 Å². The lowest BCUT2D eigenvalue weighted by Gasteiger charge is -2.22. The van der Waals surface area contributed by atoms with E-state index < -0.39 is 0 Å². The predicted molar refractivity (Wildman–Crippen MR) is 67.6 cm³/mol. The maximum absolute atomic E-state index is 3.83. The topological polar surface area (TPSA) is 12.0 Å². The maximum atomic E-state index is 3.83. The summed E-state index contributed by atoms with van der Waals surface area (Å²) in [6.45, 7) is 3.83. The fourth-order valence-corrected chi connectivity index (χ4v) is 3.52. The number of hydrogen-bond acceptors (Lipinski definition) is 2. The van der Waals surface area contributed by atoms with Crippen molar-refractivity contribution >= 4 is 11.8 Å². The molecule has 2 atom stereocenters. The molecule has 2 rings (SSSR count). The standard InChI is InChI=1S/C13H17NS/c1-3-6-12(14-2)11-9-15-13-8-5-4-7-10(11)13/h3-5,7-8,11-12,14H,1,6,9H2,2H3. The Labute approximate surface area is 96.0 Å². The summed E-state index contributed by atoms with van der Waals surface area (Å²) in [4.78, 5) is 1.45. The van der Waals surface area contributed by atoms with Crippen molar-refractivity contribution < 1.29 is 0 Å². The molecule has 1 aromatic rings. The Bertz CT molecular complexity index is 348. The van der Waals surface area contributed by atoms with Gasteiger partial charge in [-0.1, -0.05) is 24.3 Å². The Morgan fingerprint density at radius 1 is 1.60 bits per heavy atom. The normalized spacial score (nSPS) is 21.0. The van der Waals surface area contributed by atoms with Gasteiger partial charge in [-0.3, -0.25) is 0 Å². The van der Waals surface area contributed by atoms with Crippen molar-refractivity contribution in [2.45, 2.75) is 23.3 Å². The zero-order valence-electron chi connectivity index (χ0n) is 9.07. The molecular formula is C13H17NS. The lowest BCUT2D eigenvalue weighted by Crippen LogP contribution is -2.31. The van der Waals surface area contributed by atoms with E-state index in [1.54, 1.807) is 0 Å². The van der Waals surface area contributed by atoms with Gasteiger partial charge in [0, 0.05) is 22.6 Å². The molecule has 0 fully saturated rings. The maximum Gasteiger partial charge on any atom is 0.0176 e. The molecule has 0 bridgehead atoms. The van der Waals surface area contributed by atoms with E-state index in [0.29, 0.717) is 12.0 Å². The Balaban J connectivity index is 2.21. The Morgan fingerprint density at radius 2 is 2.40 bits per heavy atom. The molecule has 2 unspecified atom stereocenters. The SMILES string of the molecule is C=CCC(NC)C1CSc2ccccc21. The highest BCUT2D eigenvalue weighted by atomic mass is 32.2. The molecule has 80 valence electrons. The Hall–Kier alpha value is -0.730. The molecule has 1 N–H and O–H groups in total. The second kappa shape index (κ2) is 4.86. The number of rotatable bonds is 4. The minimum Gasteiger partial charge on any atom is -0.316 e. The van der Waals surface area contributed by atoms with Crippen molar-refractivity contribution in [3.05, 3.63) is 42.5 Å². The molecule has 2 heteroatoms. The molecule has 0 spiro atoms. The van der Waals surface area contributed by atoms with Crippen LogP contribution in [0.15, 0.2) is 41.8 Å². The monoisotopic (exact) mass is 219 g/mol. The summed E-state index contributed by atoms with van der Waals surface area (Å²) in [5.41, 5.74) is 1.50. The van der Waals surface area contributed by atoms with Crippen LogP contribution < -0.4 is 5.32 Å². The van der Waals surface area contributed by atoms with Crippen LogP contribution in [-0.4, -0.2) is 18.8 Å². The minimum atomic E-state index is 0.527. The summed E-state index contributed by atoms with van der Waals surface area (Å²) in [5, 5.41) is 3.40. The van der Waals surface area contributed by atoms with Crippen LogP contribution in [0.25, 0.3) is 0 Å². The third-order valence-electron chi connectivity index (χ3n) is 3.01. The van der Waals surface area contributed by atoms with Gasteiger partial charge in [0.1, 0.15) is 0 Å². The van der Waals surface area contributed by atoms with Crippen LogP contribution >= 0.6 is 11.8 Å². The van der Waals surface area contributed by atoms with Gasteiger partial charge in [-0.05, 0) is 25.1 Å². The van der Waals surface area contributed by atoms with E-state index in [-0.39, 0.29) is 0 Å². The van der Waals surface area contributed by atoms with Crippen LogP contribution in [-0.2, 0) is 0 Å². The molecular weight excluding hydrogens is 202 g/mol. The zero-order valence-corrected chi connectivity index (χ0v) is 9.89. The van der Waals surface area contributed by atoms with E-state index in [4.69, 9.17) is 0 Å². The fraction of sp³-hybridized carbons (Fsp3) is 0.385. The molecule has 1 aliphatic heterocycles. The van der Waals surface area contributed by atoms with Crippen molar-refractivity contribution in [1.29, 1.82) is 0 Å². The van der Waals surface area contributed by atoms with Gasteiger partial charge < -0.3 is 5.32 Å². The summed E-state index contributed by atoms with van der Waals surface area (Å²) in [7, 11) is 2.04. The number of thioether (sulfide) groups is 1. The first-order valence-electron chi connectivity index (χ1n) is 5.36. The van der Waals surface area contributed by atoms with Gasteiger partial charge in [-0.25, -0.2) is 0 Å². The molecule has 0 saturated heterocycles. The number of likely N-dealkylation sites (N-methyl/N-ethyl adjacent to an activating group) is 1. The summed E-state index contributed by atoms with van der Waals surface area (Å²) in [6, 6.07) is 9.27. The first-order chi connectivity index (χ1) is 7.36.